The summed E-state index contributed by atoms with van der Waals surface area (Å²) in [4.78, 5) is 2.62. The summed E-state index contributed by atoms with van der Waals surface area (Å²) in [6.45, 7) is 27.4. The maximum atomic E-state index is 4.20. The molecule has 1 unspecified atom stereocenters. The van der Waals surface area contributed by atoms with Crippen LogP contribution in [0.5, 0.6) is 0 Å². The van der Waals surface area contributed by atoms with Crippen molar-refractivity contribution in [3.05, 3.63) is 142 Å². The largest absolute Gasteiger partial charge is 0.313 e. The Hall–Kier alpha value is -3.20. The van der Waals surface area contributed by atoms with Crippen LogP contribution in [0.2, 0.25) is 0 Å². The first kappa shape index (κ1) is 37.3. The third-order valence-electron chi connectivity index (χ3n) is 9.24. The van der Waals surface area contributed by atoms with E-state index >= 15 is 0 Å². The van der Waals surface area contributed by atoms with E-state index in [4.69, 9.17) is 0 Å². The summed E-state index contributed by atoms with van der Waals surface area (Å²) < 4.78 is 0. The summed E-state index contributed by atoms with van der Waals surface area (Å²) in [6.07, 6.45) is 9.34. The van der Waals surface area contributed by atoms with Gasteiger partial charge in [-0.3, -0.25) is 4.90 Å². The van der Waals surface area contributed by atoms with E-state index in [1.807, 2.05) is 7.05 Å². The second kappa shape index (κ2) is 17.1. The van der Waals surface area contributed by atoms with Gasteiger partial charge in [0.15, 0.2) is 0 Å². The molecule has 0 aromatic heterocycles. The smallest absolute Gasteiger partial charge is 0.0283 e. The number of likely N-dealkylation sites (N-methyl/N-ethyl adjacent to an activating group) is 1. The molecule has 1 atom stereocenters. The molecule has 0 spiro atoms. The molecule has 1 aliphatic rings. The molecule has 0 bridgehead atoms. The van der Waals surface area contributed by atoms with E-state index in [1.165, 1.54) is 50.1 Å². The molecule has 46 heavy (non-hydrogen) atoms. The first-order valence-corrected chi connectivity index (χ1v) is 17.3. The summed E-state index contributed by atoms with van der Waals surface area (Å²) >= 11 is 0. The lowest BCUT2D eigenvalue weighted by Gasteiger charge is -2.30. The van der Waals surface area contributed by atoms with Crippen molar-refractivity contribution in [2.75, 3.05) is 13.6 Å². The van der Waals surface area contributed by atoms with Crippen LogP contribution in [0.1, 0.15) is 101 Å². The number of allylic oxidation sites excluding steroid dienone is 4. The zero-order valence-electron chi connectivity index (χ0n) is 30.8. The van der Waals surface area contributed by atoms with E-state index in [0.717, 1.165) is 45.3 Å². The van der Waals surface area contributed by atoms with Crippen molar-refractivity contribution >= 4 is 0 Å². The van der Waals surface area contributed by atoms with Gasteiger partial charge in [0.05, 0.1) is 0 Å². The van der Waals surface area contributed by atoms with Gasteiger partial charge in [0, 0.05) is 25.7 Å². The van der Waals surface area contributed by atoms with Crippen molar-refractivity contribution in [3.63, 3.8) is 0 Å². The topological polar surface area (TPSA) is 15.3 Å². The number of rotatable bonds is 11. The predicted octanol–water partition coefficient (Wildman–Crippen LogP) is 11.1. The Morgan fingerprint density at radius 3 is 1.83 bits per heavy atom. The maximum absolute atomic E-state index is 4.20. The Morgan fingerprint density at radius 2 is 1.28 bits per heavy atom. The van der Waals surface area contributed by atoms with Crippen LogP contribution in [-0.4, -0.2) is 24.5 Å². The minimum Gasteiger partial charge on any atom is -0.313 e. The molecule has 0 aliphatic heterocycles. The van der Waals surface area contributed by atoms with Gasteiger partial charge in [-0.05, 0) is 109 Å². The van der Waals surface area contributed by atoms with Gasteiger partial charge in [-0.1, -0.05) is 139 Å². The van der Waals surface area contributed by atoms with Crippen LogP contribution in [0, 0.1) is 19.3 Å². The summed E-state index contributed by atoms with van der Waals surface area (Å²) in [5.41, 5.74) is 13.2. The summed E-state index contributed by atoms with van der Waals surface area (Å²) in [5.74, 6) is 0. The molecule has 0 heterocycles. The Kier molecular flexibility index (Phi) is 13.8. The summed E-state index contributed by atoms with van der Waals surface area (Å²) in [5, 5.41) is 3.44. The third kappa shape index (κ3) is 11.2. The normalized spacial score (nSPS) is 14.2. The molecule has 3 aromatic rings. The highest BCUT2D eigenvalue weighted by molar-refractivity contribution is 5.43. The van der Waals surface area contributed by atoms with E-state index in [9.17, 15) is 0 Å². The molecule has 1 aliphatic carbocycles. The second-order valence-corrected chi connectivity index (χ2v) is 15.3. The highest BCUT2D eigenvalue weighted by atomic mass is 15.1. The van der Waals surface area contributed by atoms with E-state index in [0.29, 0.717) is 6.04 Å². The molecule has 4 rings (SSSR count). The van der Waals surface area contributed by atoms with Crippen LogP contribution in [0.4, 0.5) is 0 Å². The number of hydrogen-bond donors (Lipinski definition) is 1. The SMILES string of the molecule is C=C(C)C(CCN(Cc1ccccc1C)Cc1ccccc1CC1=CCCC=C1C(C)(C)C)NC.Cc1ccccc1C(C)(C)C. The highest BCUT2D eigenvalue weighted by Crippen LogP contribution is 2.36. The Balaban J connectivity index is 0.000000441. The molecule has 2 heteroatoms. The molecular formula is C44H62N2. The van der Waals surface area contributed by atoms with E-state index in [2.05, 4.69) is 164 Å². The van der Waals surface area contributed by atoms with Gasteiger partial charge in [0.1, 0.15) is 0 Å². The minimum atomic E-state index is 0.183. The van der Waals surface area contributed by atoms with Gasteiger partial charge in [0.25, 0.3) is 0 Å². The summed E-state index contributed by atoms with van der Waals surface area (Å²) in [6, 6.07) is 26.8. The van der Waals surface area contributed by atoms with E-state index in [-0.39, 0.29) is 10.8 Å². The van der Waals surface area contributed by atoms with Crippen LogP contribution in [0.15, 0.2) is 108 Å². The second-order valence-electron chi connectivity index (χ2n) is 15.3. The van der Waals surface area contributed by atoms with Gasteiger partial charge in [-0.15, -0.1) is 0 Å². The van der Waals surface area contributed by atoms with Crippen LogP contribution in [0.25, 0.3) is 0 Å². The first-order valence-electron chi connectivity index (χ1n) is 17.3. The van der Waals surface area contributed by atoms with Crippen molar-refractivity contribution in [1.29, 1.82) is 0 Å². The first-order chi connectivity index (χ1) is 21.7. The fourth-order valence-electron chi connectivity index (χ4n) is 6.62. The quantitative estimate of drug-likeness (QED) is 0.215. The zero-order valence-corrected chi connectivity index (χ0v) is 30.8. The fourth-order valence-corrected chi connectivity index (χ4v) is 6.62. The van der Waals surface area contributed by atoms with Gasteiger partial charge in [-0.25, -0.2) is 0 Å². The van der Waals surface area contributed by atoms with Crippen molar-refractivity contribution in [2.45, 2.75) is 113 Å². The van der Waals surface area contributed by atoms with Crippen molar-refractivity contribution in [2.24, 2.45) is 5.41 Å². The highest BCUT2D eigenvalue weighted by Gasteiger charge is 2.23. The zero-order chi connectivity index (χ0) is 33.9. The molecule has 2 nitrogen and oxygen atoms in total. The van der Waals surface area contributed by atoms with Gasteiger partial charge in [-0.2, -0.15) is 0 Å². The standard InChI is InChI=1S/C33H46N2.C11H16/c1-25(2)32(34-7)20-21-35(23-29-17-9-8-14-26(29)3)24-30-18-11-10-15-27(30)22-28-16-12-13-19-31(28)33(4,5)6;1-9-7-5-6-8-10(9)11(2,3)4/h8-11,14-19,32,34H,1,12-13,20-24H2,2-7H3;5-8H,1-4H3. The van der Waals surface area contributed by atoms with Crippen LogP contribution in [-0.2, 0) is 24.9 Å². The van der Waals surface area contributed by atoms with Crippen LogP contribution >= 0.6 is 0 Å². The molecule has 0 fully saturated rings. The van der Waals surface area contributed by atoms with Crippen molar-refractivity contribution in [1.82, 2.24) is 10.2 Å². The minimum absolute atomic E-state index is 0.183. The average Bonchev–Trinajstić information content (AvgIpc) is 2.99. The number of hydrogen-bond acceptors (Lipinski definition) is 2. The molecule has 0 saturated carbocycles. The number of benzene rings is 3. The average molecular weight is 619 g/mol. The van der Waals surface area contributed by atoms with Crippen molar-refractivity contribution in [3.8, 4) is 0 Å². The Labute approximate surface area is 282 Å². The number of aryl methyl sites for hydroxylation is 2. The van der Waals surface area contributed by atoms with Crippen LogP contribution in [0.3, 0.4) is 0 Å². The molecule has 1 N–H and O–H groups in total. The Morgan fingerprint density at radius 1 is 0.739 bits per heavy atom. The molecular weight excluding hydrogens is 556 g/mol. The molecule has 248 valence electrons. The molecule has 0 saturated heterocycles. The fraction of sp³-hybridized carbons (Fsp3) is 0.455. The molecule has 0 amide bonds. The van der Waals surface area contributed by atoms with Crippen LogP contribution < -0.4 is 5.32 Å². The number of nitrogens with zero attached hydrogens (tertiary/aromatic N) is 1. The Bertz CT molecular complexity index is 1470. The van der Waals surface area contributed by atoms with Crippen molar-refractivity contribution < 1.29 is 0 Å². The molecule has 0 radical (unpaired) electrons. The predicted molar refractivity (Wildman–Crippen MR) is 202 cm³/mol. The summed E-state index contributed by atoms with van der Waals surface area (Å²) in [7, 11) is 2.04. The van der Waals surface area contributed by atoms with Gasteiger partial charge in [0.2, 0.25) is 0 Å². The van der Waals surface area contributed by atoms with Gasteiger partial charge < -0.3 is 5.32 Å². The van der Waals surface area contributed by atoms with E-state index in [1.54, 1.807) is 0 Å². The lowest BCUT2D eigenvalue weighted by atomic mass is 9.77. The maximum Gasteiger partial charge on any atom is 0.0283 e. The van der Waals surface area contributed by atoms with Gasteiger partial charge >= 0.3 is 0 Å². The third-order valence-corrected chi connectivity index (χ3v) is 9.24. The van der Waals surface area contributed by atoms with E-state index < -0.39 is 0 Å². The lowest BCUT2D eigenvalue weighted by Crippen LogP contribution is -2.33. The lowest BCUT2D eigenvalue weighted by molar-refractivity contribution is 0.245. The number of nitrogens with one attached hydrogen (secondary N) is 1. The molecule has 3 aromatic carbocycles. The monoisotopic (exact) mass is 618 g/mol.